The molecule has 8 nitrogen and oxygen atoms in total. The van der Waals surface area contributed by atoms with Crippen molar-refractivity contribution in [2.24, 2.45) is 0 Å². The second-order valence-corrected chi connectivity index (χ2v) is 7.23. The number of ether oxygens (including phenoxy) is 2. The Morgan fingerprint density at radius 1 is 1.30 bits per heavy atom. The lowest BCUT2D eigenvalue weighted by atomic mass is 10.2. The summed E-state index contributed by atoms with van der Waals surface area (Å²) in [5, 5.41) is 13.4. The quantitative estimate of drug-likeness (QED) is 0.460. The third kappa shape index (κ3) is 4.08. The summed E-state index contributed by atoms with van der Waals surface area (Å²) in [6, 6.07) is 5.67. The molecule has 1 aromatic carbocycles. The number of anilines is 1. The van der Waals surface area contributed by atoms with Crippen LogP contribution >= 0.6 is 11.3 Å². The average molecular weight is 390 g/mol. The molecule has 0 bridgehead atoms. The van der Waals surface area contributed by atoms with Gasteiger partial charge in [-0.2, -0.15) is 0 Å². The Labute approximate surface area is 159 Å². The standard InChI is InChI=1S/C18H18N2O6S/c1-10(26-18(22)16-8-11-4-3-5-15(11)27-16)17(21)19-13-9-12(20(23)24)6-7-14(13)25-2/h6-10H,3-5H2,1-2H3,(H,19,21)/t10-/m1/s1. The van der Waals surface area contributed by atoms with Crippen LogP contribution in [-0.2, 0) is 22.4 Å². The summed E-state index contributed by atoms with van der Waals surface area (Å²) in [6.07, 6.45) is 1.95. The van der Waals surface area contributed by atoms with E-state index in [0.29, 0.717) is 4.88 Å². The van der Waals surface area contributed by atoms with E-state index in [1.54, 1.807) is 0 Å². The van der Waals surface area contributed by atoms with Crippen molar-refractivity contribution >= 4 is 34.6 Å². The van der Waals surface area contributed by atoms with Crippen LogP contribution < -0.4 is 10.1 Å². The lowest BCUT2D eigenvalue weighted by Gasteiger charge is -2.14. The lowest BCUT2D eigenvalue weighted by Crippen LogP contribution is -2.30. The number of nitrogens with one attached hydrogen (secondary N) is 1. The number of fused-ring (bicyclic) bond motifs is 1. The second kappa shape index (κ2) is 7.75. The van der Waals surface area contributed by atoms with E-state index in [0.717, 1.165) is 19.3 Å². The van der Waals surface area contributed by atoms with Crippen LogP contribution in [-0.4, -0.2) is 30.0 Å². The van der Waals surface area contributed by atoms with Crippen LogP contribution in [0, 0.1) is 10.1 Å². The van der Waals surface area contributed by atoms with Crippen LogP contribution in [0.1, 0.15) is 33.5 Å². The van der Waals surface area contributed by atoms with Gasteiger partial charge in [-0.15, -0.1) is 11.3 Å². The molecular weight excluding hydrogens is 372 g/mol. The van der Waals surface area contributed by atoms with Crippen LogP contribution in [0.2, 0.25) is 0 Å². The van der Waals surface area contributed by atoms with Gasteiger partial charge in [0.15, 0.2) is 6.10 Å². The molecule has 0 saturated carbocycles. The van der Waals surface area contributed by atoms with Crippen LogP contribution in [0.5, 0.6) is 5.75 Å². The highest BCUT2D eigenvalue weighted by Crippen LogP contribution is 2.31. The Balaban J connectivity index is 1.67. The maximum atomic E-state index is 12.4. The van der Waals surface area contributed by atoms with Gasteiger partial charge < -0.3 is 14.8 Å². The zero-order valence-corrected chi connectivity index (χ0v) is 15.6. The monoisotopic (exact) mass is 390 g/mol. The predicted octanol–water partition coefficient (Wildman–Crippen LogP) is 3.34. The largest absolute Gasteiger partial charge is 0.495 e. The normalized spacial score (nSPS) is 13.6. The molecule has 1 heterocycles. The number of non-ortho nitro benzene ring substituents is 1. The Morgan fingerprint density at radius 3 is 2.74 bits per heavy atom. The molecule has 1 N–H and O–H groups in total. The number of hydrogen-bond donors (Lipinski definition) is 1. The van der Waals surface area contributed by atoms with E-state index >= 15 is 0 Å². The van der Waals surface area contributed by atoms with Gasteiger partial charge in [0.05, 0.1) is 17.7 Å². The van der Waals surface area contributed by atoms with Gasteiger partial charge >= 0.3 is 5.97 Å². The van der Waals surface area contributed by atoms with Crippen LogP contribution in [0.3, 0.4) is 0 Å². The number of nitro groups is 1. The molecule has 142 valence electrons. The van der Waals surface area contributed by atoms with Gasteiger partial charge in [0, 0.05) is 17.0 Å². The summed E-state index contributed by atoms with van der Waals surface area (Å²) < 4.78 is 10.3. The Morgan fingerprint density at radius 2 is 2.07 bits per heavy atom. The number of rotatable bonds is 6. The van der Waals surface area contributed by atoms with E-state index < -0.39 is 22.9 Å². The van der Waals surface area contributed by atoms with E-state index in [1.807, 2.05) is 6.07 Å². The van der Waals surface area contributed by atoms with Crippen molar-refractivity contribution in [3.05, 3.63) is 49.7 Å². The first-order valence-corrected chi connectivity index (χ1v) is 9.16. The summed E-state index contributed by atoms with van der Waals surface area (Å²) in [7, 11) is 1.39. The molecule has 0 fully saturated rings. The van der Waals surface area contributed by atoms with Gasteiger partial charge in [-0.3, -0.25) is 14.9 Å². The van der Waals surface area contributed by atoms with E-state index in [4.69, 9.17) is 9.47 Å². The highest BCUT2D eigenvalue weighted by Gasteiger charge is 2.24. The number of nitrogens with zero attached hydrogens (tertiary/aromatic N) is 1. The molecule has 0 spiro atoms. The SMILES string of the molecule is COc1ccc([N+](=O)[O-])cc1NC(=O)[C@@H](C)OC(=O)c1cc2c(s1)CCC2. The van der Waals surface area contributed by atoms with Gasteiger partial charge in [0.2, 0.25) is 0 Å². The van der Waals surface area contributed by atoms with Gasteiger partial charge in [-0.05, 0) is 43.9 Å². The first-order valence-electron chi connectivity index (χ1n) is 8.35. The molecule has 3 rings (SSSR count). The molecule has 27 heavy (non-hydrogen) atoms. The molecule has 0 unspecified atom stereocenters. The molecule has 0 saturated heterocycles. The third-order valence-corrected chi connectivity index (χ3v) is 5.47. The number of esters is 1. The van der Waals surface area contributed by atoms with Gasteiger partial charge in [-0.1, -0.05) is 0 Å². The smallest absolute Gasteiger partial charge is 0.349 e. The third-order valence-electron chi connectivity index (χ3n) is 4.25. The molecule has 0 radical (unpaired) electrons. The zero-order chi connectivity index (χ0) is 19.6. The average Bonchev–Trinajstić information content (AvgIpc) is 3.23. The van der Waals surface area contributed by atoms with Gasteiger partial charge in [0.1, 0.15) is 10.6 Å². The van der Waals surface area contributed by atoms with E-state index in [2.05, 4.69) is 5.32 Å². The van der Waals surface area contributed by atoms with Crippen LogP contribution in [0.4, 0.5) is 11.4 Å². The molecular formula is C18H18N2O6S. The fourth-order valence-corrected chi connectivity index (χ4v) is 3.98. The molecule has 1 aliphatic carbocycles. The maximum Gasteiger partial charge on any atom is 0.349 e. The summed E-state index contributed by atoms with van der Waals surface area (Å²) in [5.41, 5.74) is 1.11. The van der Waals surface area contributed by atoms with Gasteiger partial charge in [0.25, 0.3) is 11.6 Å². The van der Waals surface area contributed by atoms with Gasteiger partial charge in [-0.25, -0.2) is 4.79 Å². The second-order valence-electron chi connectivity index (χ2n) is 6.09. The number of nitro benzene ring substituents is 1. The molecule has 1 aromatic heterocycles. The van der Waals surface area contributed by atoms with Crippen LogP contribution in [0.15, 0.2) is 24.3 Å². The minimum absolute atomic E-state index is 0.134. The minimum atomic E-state index is -1.07. The number of hydrogen-bond acceptors (Lipinski definition) is 7. The van der Waals surface area contributed by atoms with Crippen molar-refractivity contribution in [2.75, 3.05) is 12.4 Å². The number of benzene rings is 1. The Kier molecular flexibility index (Phi) is 5.41. The van der Waals surface area contributed by atoms with Crippen LogP contribution in [0.25, 0.3) is 0 Å². The number of aryl methyl sites for hydroxylation is 2. The number of carbonyl (C=O) groups is 2. The highest BCUT2D eigenvalue weighted by atomic mass is 32.1. The molecule has 1 aliphatic rings. The summed E-state index contributed by atoms with van der Waals surface area (Å²) in [4.78, 5) is 36.7. The Bertz CT molecular complexity index is 886. The first kappa shape index (κ1) is 18.8. The summed E-state index contributed by atoms with van der Waals surface area (Å²) in [6.45, 7) is 1.44. The zero-order valence-electron chi connectivity index (χ0n) is 14.8. The summed E-state index contributed by atoms with van der Waals surface area (Å²) >= 11 is 1.40. The van der Waals surface area contributed by atoms with E-state index in [9.17, 15) is 19.7 Å². The molecule has 2 aromatic rings. The molecule has 1 amide bonds. The lowest BCUT2D eigenvalue weighted by molar-refractivity contribution is -0.384. The molecule has 0 aliphatic heterocycles. The fraction of sp³-hybridized carbons (Fsp3) is 0.333. The highest BCUT2D eigenvalue weighted by molar-refractivity contribution is 7.14. The maximum absolute atomic E-state index is 12.4. The molecule has 1 atom stereocenters. The Hall–Kier alpha value is -2.94. The van der Waals surface area contributed by atoms with Crippen molar-refractivity contribution < 1.29 is 24.0 Å². The first-order chi connectivity index (χ1) is 12.9. The molecule has 9 heteroatoms. The fourth-order valence-electron chi connectivity index (χ4n) is 2.84. The van der Waals surface area contributed by atoms with Crippen molar-refractivity contribution in [2.45, 2.75) is 32.3 Å². The van der Waals surface area contributed by atoms with E-state index in [1.165, 1.54) is 54.0 Å². The van der Waals surface area contributed by atoms with E-state index in [-0.39, 0.29) is 17.1 Å². The van der Waals surface area contributed by atoms with Crippen molar-refractivity contribution in [3.63, 3.8) is 0 Å². The number of thiophene rings is 1. The number of methoxy groups -OCH3 is 1. The topological polar surface area (TPSA) is 108 Å². The van der Waals surface area contributed by atoms with Crippen molar-refractivity contribution in [3.8, 4) is 5.75 Å². The summed E-state index contributed by atoms with van der Waals surface area (Å²) in [5.74, 6) is -0.892. The van der Waals surface area contributed by atoms with Crippen molar-refractivity contribution in [1.29, 1.82) is 0 Å². The predicted molar refractivity (Wildman–Crippen MR) is 99.5 cm³/mol. The number of carbonyl (C=O) groups excluding carboxylic acids is 2. The minimum Gasteiger partial charge on any atom is -0.495 e. The number of amides is 1. The van der Waals surface area contributed by atoms with Crippen molar-refractivity contribution in [1.82, 2.24) is 0 Å².